The van der Waals surface area contributed by atoms with Crippen LogP contribution in [0.25, 0.3) is 33.4 Å². The second-order valence-electron chi connectivity index (χ2n) is 11.7. The number of pyridine rings is 2. The van der Waals surface area contributed by atoms with Crippen LogP contribution in [0.4, 0.5) is 10.1 Å². The van der Waals surface area contributed by atoms with Gasteiger partial charge in [-0.15, -0.1) is 0 Å². The van der Waals surface area contributed by atoms with Crippen LogP contribution >= 0.6 is 0 Å². The molecular weight excluding hydrogens is 603 g/mol. The van der Waals surface area contributed by atoms with Crippen molar-refractivity contribution in [3.8, 4) is 28.1 Å². The predicted octanol–water partition coefficient (Wildman–Crippen LogP) is 6.50. The van der Waals surface area contributed by atoms with E-state index in [1.165, 1.54) is 17.7 Å². The summed E-state index contributed by atoms with van der Waals surface area (Å²) in [5.41, 5.74) is 14.8. The highest BCUT2D eigenvalue weighted by Gasteiger charge is 2.19. The molecule has 0 saturated carbocycles. The van der Waals surface area contributed by atoms with Gasteiger partial charge >= 0.3 is 0 Å². The van der Waals surface area contributed by atoms with E-state index in [1.54, 1.807) is 6.20 Å². The number of aliphatic imine (C=N–C) groups is 1. The van der Waals surface area contributed by atoms with Crippen molar-refractivity contribution in [1.82, 2.24) is 30.2 Å². The minimum atomic E-state index is -0.382. The topological polar surface area (TPSA) is 117 Å². The van der Waals surface area contributed by atoms with Gasteiger partial charge in [-0.3, -0.25) is 9.98 Å². The summed E-state index contributed by atoms with van der Waals surface area (Å²) in [4.78, 5) is 24.6. The lowest BCUT2D eigenvalue weighted by Crippen LogP contribution is -2.19. The number of ether oxygens (including phenoxy) is 1. The summed E-state index contributed by atoms with van der Waals surface area (Å²) in [5.74, 6) is 0.603. The number of hydrogen-bond donors (Lipinski definition) is 3. The third kappa shape index (κ3) is 7.74. The molecule has 0 spiro atoms. The third-order valence-corrected chi connectivity index (χ3v) is 7.79. The van der Waals surface area contributed by atoms with Gasteiger partial charge in [-0.25, -0.2) is 14.4 Å². The fourth-order valence-corrected chi connectivity index (χ4v) is 5.44. The third-order valence-electron chi connectivity index (χ3n) is 7.79. The SMILES string of the molecule is CCN=C(c1nc2c(-c3cc(F)cc(OCCN(C)C)c3)cccc2[nH]1)c1nc(-c2cncc(CNCc3ccccc3)c2)ccc1N. The first-order valence-electron chi connectivity index (χ1n) is 16.0. The van der Waals surface area contributed by atoms with Crippen LogP contribution in [0.3, 0.4) is 0 Å². The first-order chi connectivity index (χ1) is 23.4. The van der Waals surface area contributed by atoms with Gasteiger partial charge in [-0.05, 0) is 74.1 Å². The summed E-state index contributed by atoms with van der Waals surface area (Å²) in [6, 6.07) is 26.6. The highest BCUT2D eigenvalue weighted by atomic mass is 19.1. The van der Waals surface area contributed by atoms with Crippen LogP contribution in [0, 0.1) is 5.82 Å². The van der Waals surface area contributed by atoms with E-state index < -0.39 is 0 Å². The zero-order valence-corrected chi connectivity index (χ0v) is 27.4. The van der Waals surface area contributed by atoms with E-state index in [0.717, 1.165) is 41.0 Å². The molecule has 9 nitrogen and oxygen atoms in total. The lowest BCUT2D eigenvalue weighted by molar-refractivity contribution is 0.260. The van der Waals surface area contributed by atoms with Gasteiger partial charge < -0.3 is 25.7 Å². The van der Waals surface area contributed by atoms with Gasteiger partial charge in [0, 0.05) is 55.8 Å². The van der Waals surface area contributed by atoms with Gasteiger partial charge in [0.05, 0.1) is 22.4 Å². The van der Waals surface area contributed by atoms with Gasteiger partial charge in [0.25, 0.3) is 0 Å². The van der Waals surface area contributed by atoms with E-state index in [4.69, 9.17) is 25.4 Å². The number of imidazole rings is 1. The molecule has 0 saturated heterocycles. The predicted molar refractivity (Wildman–Crippen MR) is 191 cm³/mol. The highest BCUT2D eigenvalue weighted by Crippen LogP contribution is 2.32. The summed E-state index contributed by atoms with van der Waals surface area (Å²) < 4.78 is 20.6. The van der Waals surface area contributed by atoms with Crippen LogP contribution < -0.4 is 15.8 Å². The van der Waals surface area contributed by atoms with E-state index in [2.05, 4.69) is 33.5 Å². The number of fused-ring (bicyclic) bond motifs is 1. The smallest absolute Gasteiger partial charge is 0.159 e. The van der Waals surface area contributed by atoms with Crippen LogP contribution in [-0.2, 0) is 13.1 Å². The van der Waals surface area contributed by atoms with Crippen LogP contribution in [0.5, 0.6) is 5.75 Å². The molecule has 0 fully saturated rings. The molecule has 10 heteroatoms. The molecule has 0 aliphatic carbocycles. The number of rotatable bonds is 13. The first kappa shape index (κ1) is 32.5. The average molecular weight is 643 g/mol. The van der Waals surface area contributed by atoms with E-state index >= 15 is 0 Å². The van der Waals surface area contributed by atoms with E-state index in [1.807, 2.05) is 86.7 Å². The molecule has 6 rings (SSSR count). The minimum Gasteiger partial charge on any atom is -0.492 e. The van der Waals surface area contributed by atoms with Gasteiger partial charge in [-0.1, -0.05) is 42.5 Å². The highest BCUT2D eigenvalue weighted by molar-refractivity contribution is 6.14. The van der Waals surface area contributed by atoms with Crippen molar-refractivity contribution >= 4 is 22.4 Å². The van der Waals surface area contributed by atoms with Crippen molar-refractivity contribution < 1.29 is 9.13 Å². The molecule has 0 aliphatic rings. The lowest BCUT2D eigenvalue weighted by atomic mass is 10.0. The van der Waals surface area contributed by atoms with E-state index in [0.29, 0.717) is 59.4 Å². The number of likely N-dealkylation sites (N-methyl/N-ethyl adjacent to an activating group) is 1. The molecule has 3 aromatic heterocycles. The molecule has 244 valence electrons. The maximum absolute atomic E-state index is 14.8. The number of halogens is 1. The van der Waals surface area contributed by atoms with Crippen LogP contribution in [0.2, 0.25) is 0 Å². The Morgan fingerprint density at radius 2 is 1.75 bits per heavy atom. The fraction of sp³-hybridized carbons (Fsp3) is 0.211. The number of H-pyrrole nitrogens is 1. The Morgan fingerprint density at radius 3 is 2.56 bits per heavy atom. The fourth-order valence-electron chi connectivity index (χ4n) is 5.44. The van der Waals surface area contributed by atoms with Crippen molar-refractivity contribution in [2.45, 2.75) is 20.0 Å². The van der Waals surface area contributed by atoms with Gasteiger partial charge in [-0.2, -0.15) is 0 Å². The number of nitrogens with one attached hydrogen (secondary N) is 2. The Morgan fingerprint density at radius 1 is 0.917 bits per heavy atom. The second kappa shape index (κ2) is 15.0. The summed E-state index contributed by atoms with van der Waals surface area (Å²) in [7, 11) is 3.93. The standard InChI is InChI=1S/C38H39FN8O/c1-4-43-37(36-32(40)13-14-33(44-36)28-17-26(23-42-24-28)22-41-21-25-9-6-5-7-10-25)38-45-34-12-8-11-31(35(34)46-38)27-18-29(39)20-30(19-27)48-16-15-47(2)3/h5-14,17-20,23-24,41H,4,15-16,21-22,40H2,1-3H3,(H,45,46). The molecule has 0 unspecified atom stereocenters. The van der Waals surface area contributed by atoms with E-state index in [-0.39, 0.29) is 5.82 Å². The largest absolute Gasteiger partial charge is 0.492 e. The Hall–Kier alpha value is -5.45. The molecular formula is C38H39FN8O. The molecule has 0 radical (unpaired) electrons. The quantitative estimate of drug-likeness (QED) is 0.123. The zero-order chi connectivity index (χ0) is 33.5. The van der Waals surface area contributed by atoms with Crippen LogP contribution in [0.15, 0.2) is 102 Å². The number of aromatic amines is 1. The zero-order valence-electron chi connectivity index (χ0n) is 27.4. The molecule has 0 bridgehead atoms. The molecule has 0 atom stereocenters. The average Bonchev–Trinajstić information content (AvgIpc) is 3.52. The molecule has 0 amide bonds. The van der Waals surface area contributed by atoms with Crippen LogP contribution in [0.1, 0.15) is 29.6 Å². The number of nitrogen functional groups attached to an aromatic ring is 1. The number of para-hydroxylation sites is 1. The van der Waals surface area contributed by atoms with Crippen molar-refractivity contribution in [3.63, 3.8) is 0 Å². The summed E-state index contributed by atoms with van der Waals surface area (Å²) in [5, 5.41) is 3.48. The summed E-state index contributed by atoms with van der Waals surface area (Å²) >= 11 is 0. The Bertz CT molecular complexity index is 2040. The molecule has 6 aromatic rings. The van der Waals surface area contributed by atoms with Gasteiger partial charge in [0.15, 0.2) is 5.82 Å². The number of hydrogen-bond acceptors (Lipinski definition) is 8. The summed E-state index contributed by atoms with van der Waals surface area (Å²) in [6.07, 6.45) is 3.65. The van der Waals surface area contributed by atoms with Gasteiger partial charge in [0.1, 0.15) is 29.6 Å². The Labute approximate surface area is 279 Å². The number of nitrogens with two attached hydrogens (primary N) is 1. The maximum atomic E-state index is 14.8. The monoisotopic (exact) mass is 642 g/mol. The summed E-state index contributed by atoms with van der Waals surface area (Å²) in [6.45, 7) is 5.03. The first-order valence-corrected chi connectivity index (χ1v) is 16.0. The maximum Gasteiger partial charge on any atom is 0.159 e. The molecule has 4 N–H and O–H groups in total. The molecule has 48 heavy (non-hydrogen) atoms. The second-order valence-corrected chi connectivity index (χ2v) is 11.7. The molecule has 3 aromatic carbocycles. The van der Waals surface area contributed by atoms with Gasteiger partial charge in [0.2, 0.25) is 0 Å². The normalized spacial score (nSPS) is 11.8. The molecule has 3 heterocycles. The molecule has 0 aliphatic heterocycles. The van der Waals surface area contributed by atoms with Crippen LogP contribution in [-0.4, -0.2) is 64.3 Å². The lowest BCUT2D eigenvalue weighted by Gasteiger charge is -2.12. The Kier molecular flexibility index (Phi) is 10.1. The minimum absolute atomic E-state index is 0.382. The van der Waals surface area contributed by atoms with Crippen molar-refractivity contribution in [1.29, 1.82) is 0 Å². The Balaban J connectivity index is 1.30. The van der Waals surface area contributed by atoms with Crippen molar-refractivity contribution in [2.24, 2.45) is 4.99 Å². The van der Waals surface area contributed by atoms with E-state index in [9.17, 15) is 4.39 Å². The number of nitrogens with zero attached hydrogens (tertiary/aromatic N) is 5. The number of anilines is 1. The number of benzene rings is 3. The van der Waals surface area contributed by atoms with Crippen molar-refractivity contribution in [2.75, 3.05) is 39.5 Å². The number of aromatic nitrogens is 4. The van der Waals surface area contributed by atoms with Crippen molar-refractivity contribution in [3.05, 3.63) is 126 Å².